The van der Waals surface area contributed by atoms with Crippen LogP contribution in [-0.4, -0.2) is 41.9 Å². The van der Waals surface area contributed by atoms with Crippen molar-refractivity contribution < 1.29 is 14.6 Å². The van der Waals surface area contributed by atoms with Gasteiger partial charge in [-0.2, -0.15) is 0 Å². The van der Waals surface area contributed by atoms with Gasteiger partial charge in [0.15, 0.2) is 0 Å². The predicted molar refractivity (Wildman–Crippen MR) is 68.1 cm³/mol. The number of aromatic nitrogens is 1. The van der Waals surface area contributed by atoms with E-state index in [1.165, 1.54) is 12.3 Å². The van der Waals surface area contributed by atoms with Crippen LogP contribution in [-0.2, 0) is 4.74 Å². The first-order chi connectivity index (χ1) is 8.56. The molecule has 1 aliphatic rings. The summed E-state index contributed by atoms with van der Waals surface area (Å²) >= 11 is 0. The average Bonchev–Trinajstić information content (AvgIpc) is 2.39. The van der Waals surface area contributed by atoms with E-state index in [1.807, 2.05) is 4.90 Å². The fourth-order valence-corrected chi connectivity index (χ4v) is 2.40. The second kappa shape index (κ2) is 4.94. The highest BCUT2D eigenvalue weighted by Gasteiger charge is 2.32. The molecule has 0 bridgehead atoms. The maximum absolute atomic E-state index is 11.2. The Morgan fingerprint density at radius 3 is 3.06 bits per heavy atom. The van der Waals surface area contributed by atoms with Crippen LogP contribution in [0.1, 0.15) is 30.1 Å². The second-order valence-corrected chi connectivity index (χ2v) is 4.88. The summed E-state index contributed by atoms with van der Waals surface area (Å²) in [5.41, 5.74) is 0.752. The Morgan fingerprint density at radius 2 is 2.39 bits per heavy atom. The summed E-state index contributed by atoms with van der Waals surface area (Å²) in [5, 5.41) is 9.20. The van der Waals surface area contributed by atoms with Crippen molar-refractivity contribution in [3.05, 3.63) is 24.0 Å². The number of ether oxygens (including phenoxy) is 1. The standard InChI is InChI=1S/C13H18N2O3/c1-13(18-2)5-3-7-15(9-13)11-8-14-6-4-10(11)12(16)17/h4,6,8H,3,5,7,9H2,1-2H3,(H,16,17). The molecule has 1 N–H and O–H groups in total. The van der Waals surface area contributed by atoms with E-state index in [0.29, 0.717) is 17.8 Å². The summed E-state index contributed by atoms with van der Waals surface area (Å²) in [7, 11) is 1.70. The van der Waals surface area contributed by atoms with Gasteiger partial charge >= 0.3 is 5.97 Å². The van der Waals surface area contributed by atoms with Crippen molar-refractivity contribution in [2.45, 2.75) is 25.4 Å². The molecular formula is C13H18N2O3. The number of piperidine rings is 1. The van der Waals surface area contributed by atoms with Crippen LogP contribution in [0.4, 0.5) is 5.69 Å². The number of rotatable bonds is 3. The van der Waals surface area contributed by atoms with Crippen LogP contribution in [0.15, 0.2) is 18.5 Å². The van der Waals surface area contributed by atoms with E-state index in [4.69, 9.17) is 4.74 Å². The summed E-state index contributed by atoms with van der Waals surface area (Å²) in [6.07, 6.45) is 5.10. The van der Waals surface area contributed by atoms with E-state index in [9.17, 15) is 9.90 Å². The van der Waals surface area contributed by atoms with Crippen molar-refractivity contribution in [2.75, 3.05) is 25.1 Å². The zero-order chi connectivity index (χ0) is 13.2. The molecule has 1 atom stereocenters. The molecule has 2 rings (SSSR count). The van der Waals surface area contributed by atoms with Gasteiger partial charge in [0.05, 0.1) is 23.0 Å². The van der Waals surface area contributed by atoms with Gasteiger partial charge in [0.25, 0.3) is 0 Å². The Morgan fingerprint density at radius 1 is 1.61 bits per heavy atom. The summed E-state index contributed by atoms with van der Waals surface area (Å²) in [6, 6.07) is 1.54. The van der Waals surface area contributed by atoms with Crippen LogP contribution >= 0.6 is 0 Å². The molecule has 98 valence electrons. The number of anilines is 1. The molecule has 1 fully saturated rings. The average molecular weight is 250 g/mol. The largest absolute Gasteiger partial charge is 0.478 e. The van der Waals surface area contributed by atoms with Crippen molar-refractivity contribution >= 4 is 11.7 Å². The molecule has 1 aromatic rings. The number of aromatic carboxylic acids is 1. The topological polar surface area (TPSA) is 62.7 Å². The first-order valence-electron chi connectivity index (χ1n) is 6.03. The predicted octanol–water partition coefficient (Wildman–Crippen LogP) is 1.79. The van der Waals surface area contributed by atoms with Gasteiger partial charge in [0.2, 0.25) is 0 Å². The fraction of sp³-hybridized carbons (Fsp3) is 0.538. The summed E-state index contributed by atoms with van der Waals surface area (Å²) in [5.74, 6) is -0.919. The molecule has 1 aromatic heterocycles. The maximum atomic E-state index is 11.2. The van der Waals surface area contributed by atoms with Gasteiger partial charge in [-0.3, -0.25) is 4.98 Å². The molecule has 0 saturated carbocycles. The lowest BCUT2D eigenvalue weighted by Gasteiger charge is -2.40. The first-order valence-corrected chi connectivity index (χ1v) is 6.03. The van der Waals surface area contributed by atoms with E-state index < -0.39 is 5.97 Å². The lowest BCUT2D eigenvalue weighted by molar-refractivity contribution is -0.00473. The number of carboxylic acid groups (broad SMARTS) is 1. The van der Waals surface area contributed by atoms with Gasteiger partial charge in [-0.25, -0.2) is 4.79 Å². The third-order valence-electron chi connectivity index (χ3n) is 3.52. The minimum Gasteiger partial charge on any atom is -0.478 e. The highest BCUT2D eigenvalue weighted by Crippen LogP contribution is 2.29. The Kier molecular flexibility index (Phi) is 3.52. The Bertz CT molecular complexity index is 450. The molecule has 0 aliphatic carbocycles. The molecule has 2 heterocycles. The molecular weight excluding hydrogens is 232 g/mol. The molecule has 1 unspecified atom stereocenters. The SMILES string of the molecule is COC1(C)CCCN(c2cnccc2C(=O)O)C1. The van der Waals surface area contributed by atoms with Gasteiger partial charge < -0.3 is 14.7 Å². The summed E-state index contributed by atoms with van der Waals surface area (Å²) < 4.78 is 5.52. The lowest BCUT2D eigenvalue weighted by Crippen LogP contribution is -2.47. The van der Waals surface area contributed by atoms with Crippen LogP contribution in [0, 0.1) is 0 Å². The van der Waals surface area contributed by atoms with Gasteiger partial charge in [0.1, 0.15) is 0 Å². The zero-order valence-electron chi connectivity index (χ0n) is 10.7. The molecule has 1 saturated heterocycles. The highest BCUT2D eigenvalue weighted by atomic mass is 16.5. The van der Waals surface area contributed by atoms with Crippen molar-refractivity contribution in [1.29, 1.82) is 0 Å². The van der Waals surface area contributed by atoms with E-state index in [1.54, 1.807) is 13.3 Å². The number of nitrogens with zero attached hydrogens (tertiary/aromatic N) is 2. The number of pyridine rings is 1. The van der Waals surface area contributed by atoms with Crippen LogP contribution < -0.4 is 4.90 Å². The number of methoxy groups -OCH3 is 1. The minimum absolute atomic E-state index is 0.218. The monoisotopic (exact) mass is 250 g/mol. The molecule has 5 heteroatoms. The van der Waals surface area contributed by atoms with Crippen LogP contribution in [0.25, 0.3) is 0 Å². The molecule has 0 spiro atoms. The molecule has 0 amide bonds. The second-order valence-electron chi connectivity index (χ2n) is 4.88. The van der Waals surface area contributed by atoms with Crippen molar-refractivity contribution in [3.8, 4) is 0 Å². The van der Waals surface area contributed by atoms with E-state index in [2.05, 4.69) is 11.9 Å². The first kappa shape index (κ1) is 12.8. The van der Waals surface area contributed by atoms with Crippen molar-refractivity contribution in [3.63, 3.8) is 0 Å². The van der Waals surface area contributed by atoms with Crippen LogP contribution in [0.5, 0.6) is 0 Å². The summed E-state index contributed by atoms with van der Waals surface area (Å²) in [4.78, 5) is 17.3. The van der Waals surface area contributed by atoms with Crippen LogP contribution in [0.2, 0.25) is 0 Å². The molecule has 1 aliphatic heterocycles. The highest BCUT2D eigenvalue weighted by molar-refractivity contribution is 5.94. The van der Waals surface area contributed by atoms with Gasteiger partial charge in [-0.1, -0.05) is 0 Å². The van der Waals surface area contributed by atoms with Crippen molar-refractivity contribution in [1.82, 2.24) is 4.98 Å². The number of hydrogen-bond donors (Lipinski definition) is 1. The van der Waals surface area contributed by atoms with E-state index >= 15 is 0 Å². The third-order valence-corrected chi connectivity index (χ3v) is 3.52. The molecule has 0 radical (unpaired) electrons. The quantitative estimate of drug-likeness (QED) is 0.886. The smallest absolute Gasteiger partial charge is 0.337 e. The molecule has 5 nitrogen and oxygen atoms in total. The number of carbonyl (C=O) groups is 1. The Balaban J connectivity index is 2.29. The number of carboxylic acids is 1. The van der Waals surface area contributed by atoms with Crippen LogP contribution in [0.3, 0.4) is 0 Å². The molecule has 18 heavy (non-hydrogen) atoms. The lowest BCUT2D eigenvalue weighted by atomic mass is 9.94. The number of hydrogen-bond acceptors (Lipinski definition) is 4. The van der Waals surface area contributed by atoms with E-state index in [-0.39, 0.29) is 5.60 Å². The Labute approximate surface area is 106 Å². The van der Waals surface area contributed by atoms with Gasteiger partial charge in [0, 0.05) is 26.4 Å². The minimum atomic E-state index is -0.919. The maximum Gasteiger partial charge on any atom is 0.337 e. The summed E-state index contributed by atoms with van der Waals surface area (Å²) in [6.45, 7) is 3.58. The van der Waals surface area contributed by atoms with Gasteiger partial charge in [-0.05, 0) is 25.8 Å². The van der Waals surface area contributed by atoms with E-state index in [0.717, 1.165) is 19.4 Å². The molecule has 0 aromatic carbocycles. The van der Waals surface area contributed by atoms with Gasteiger partial charge in [-0.15, -0.1) is 0 Å². The Hall–Kier alpha value is -1.62. The normalized spacial score (nSPS) is 24.0. The third kappa shape index (κ3) is 2.46. The fourth-order valence-electron chi connectivity index (χ4n) is 2.40. The zero-order valence-corrected chi connectivity index (χ0v) is 10.7. The van der Waals surface area contributed by atoms with Crippen molar-refractivity contribution in [2.24, 2.45) is 0 Å².